The molecule has 2 aromatic rings. The third kappa shape index (κ3) is 5.43. The van der Waals surface area contributed by atoms with Gasteiger partial charge in [-0.25, -0.2) is 0 Å². The standard InChI is InChI=1S/C24H32N2O2/c1-18-15-19(2)23(20(3)16-18)24(27)25-11-7-8-12-26-13-14-28-22(17-26)21-9-5-4-6-10-21/h4-6,9-10,15-16,22H,7-8,11-14,17H2,1-3H3,(H,25,27)/t22-/m0/s1. The minimum Gasteiger partial charge on any atom is -0.371 e. The van der Waals surface area contributed by atoms with Crippen molar-refractivity contribution in [2.45, 2.75) is 39.7 Å². The fraction of sp³-hybridized carbons (Fsp3) is 0.458. The zero-order valence-corrected chi connectivity index (χ0v) is 17.3. The summed E-state index contributed by atoms with van der Waals surface area (Å²) in [6.07, 6.45) is 2.23. The first-order valence-electron chi connectivity index (χ1n) is 10.3. The summed E-state index contributed by atoms with van der Waals surface area (Å²) in [6, 6.07) is 14.6. The number of nitrogens with zero attached hydrogens (tertiary/aromatic N) is 1. The number of hydrogen-bond acceptors (Lipinski definition) is 3. The molecule has 0 aromatic heterocycles. The molecule has 4 nitrogen and oxygen atoms in total. The van der Waals surface area contributed by atoms with Gasteiger partial charge in [-0.2, -0.15) is 0 Å². The van der Waals surface area contributed by atoms with E-state index in [0.29, 0.717) is 0 Å². The van der Waals surface area contributed by atoms with Crippen LogP contribution in [0.4, 0.5) is 0 Å². The van der Waals surface area contributed by atoms with Gasteiger partial charge in [0.25, 0.3) is 5.91 Å². The second-order valence-corrected chi connectivity index (χ2v) is 7.81. The summed E-state index contributed by atoms with van der Waals surface area (Å²) in [7, 11) is 0. The van der Waals surface area contributed by atoms with Gasteiger partial charge in [-0.05, 0) is 56.8 Å². The first-order chi connectivity index (χ1) is 13.5. The van der Waals surface area contributed by atoms with E-state index in [0.717, 1.165) is 62.3 Å². The van der Waals surface area contributed by atoms with Crippen molar-refractivity contribution in [1.29, 1.82) is 0 Å². The monoisotopic (exact) mass is 380 g/mol. The van der Waals surface area contributed by atoms with Crippen LogP contribution < -0.4 is 5.32 Å². The smallest absolute Gasteiger partial charge is 0.251 e. The van der Waals surface area contributed by atoms with Crippen LogP contribution in [0.25, 0.3) is 0 Å². The molecule has 2 aromatic carbocycles. The summed E-state index contributed by atoms with van der Waals surface area (Å²) in [5.74, 6) is 0.0468. The Kier molecular flexibility index (Phi) is 7.24. The highest BCUT2D eigenvalue weighted by molar-refractivity contribution is 5.97. The Bertz CT molecular complexity index is 765. The van der Waals surface area contributed by atoms with Crippen LogP contribution in [-0.4, -0.2) is 43.6 Å². The van der Waals surface area contributed by atoms with Crippen molar-refractivity contribution >= 4 is 5.91 Å². The van der Waals surface area contributed by atoms with E-state index >= 15 is 0 Å². The predicted molar refractivity (Wildman–Crippen MR) is 114 cm³/mol. The zero-order valence-electron chi connectivity index (χ0n) is 17.3. The summed E-state index contributed by atoms with van der Waals surface area (Å²) in [4.78, 5) is 15.0. The molecule has 1 aliphatic rings. The fourth-order valence-electron chi connectivity index (χ4n) is 4.06. The van der Waals surface area contributed by atoms with Crippen molar-refractivity contribution in [3.63, 3.8) is 0 Å². The quantitative estimate of drug-likeness (QED) is 0.732. The van der Waals surface area contributed by atoms with Crippen LogP contribution in [0, 0.1) is 20.8 Å². The van der Waals surface area contributed by atoms with E-state index in [1.165, 1.54) is 11.1 Å². The number of ether oxygens (including phenoxy) is 1. The lowest BCUT2D eigenvalue weighted by atomic mass is 9.99. The largest absolute Gasteiger partial charge is 0.371 e. The van der Waals surface area contributed by atoms with E-state index in [-0.39, 0.29) is 12.0 Å². The lowest BCUT2D eigenvalue weighted by molar-refractivity contribution is -0.0303. The molecule has 4 heteroatoms. The lowest BCUT2D eigenvalue weighted by Crippen LogP contribution is -2.39. The lowest BCUT2D eigenvalue weighted by Gasteiger charge is -2.33. The molecule has 0 spiro atoms. The predicted octanol–water partition coefficient (Wildman–Crippen LogP) is 4.20. The maximum Gasteiger partial charge on any atom is 0.251 e. The van der Waals surface area contributed by atoms with Gasteiger partial charge in [0.15, 0.2) is 0 Å². The van der Waals surface area contributed by atoms with Gasteiger partial charge in [0.2, 0.25) is 0 Å². The van der Waals surface area contributed by atoms with Crippen LogP contribution in [-0.2, 0) is 4.74 Å². The van der Waals surface area contributed by atoms with Crippen molar-refractivity contribution in [2.75, 3.05) is 32.8 Å². The highest BCUT2D eigenvalue weighted by Crippen LogP contribution is 2.22. The summed E-state index contributed by atoms with van der Waals surface area (Å²) < 4.78 is 5.93. The Morgan fingerprint density at radius 2 is 1.82 bits per heavy atom. The zero-order chi connectivity index (χ0) is 19.9. The van der Waals surface area contributed by atoms with E-state index in [9.17, 15) is 4.79 Å². The van der Waals surface area contributed by atoms with Crippen LogP contribution in [0.1, 0.15) is 51.6 Å². The third-order valence-corrected chi connectivity index (χ3v) is 5.41. The number of benzene rings is 2. The second kappa shape index (κ2) is 9.85. The minimum absolute atomic E-state index is 0.0468. The van der Waals surface area contributed by atoms with Gasteiger partial charge in [-0.3, -0.25) is 9.69 Å². The molecule has 0 bridgehead atoms. The van der Waals surface area contributed by atoms with E-state index in [1.807, 2.05) is 19.9 Å². The number of nitrogens with one attached hydrogen (secondary N) is 1. The van der Waals surface area contributed by atoms with Crippen molar-refractivity contribution in [1.82, 2.24) is 10.2 Å². The first-order valence-corrected chi connectivity index (χ1v) is 10.3. The number of hydrogen-bond donors (Lipinski definition) is 1. The number of carbonyl (C=O) groups is 1. The molecule has 1 aliphatic heterocycles. The van der Waals surface area contributed by atoms with Crippen LogP contribution in [0.3, 0.4) is 0 Å². The van der Waals surface area contributed by atoms with Gasteiger partial charge in [-0.15, -0.1) is 0 Å². The molecule has 1 atom stereocenters. The molecule has 1 N–H and O–H groups in total. The maximum absolute atomic E-state index is 12.5. The van der Waals surface area contributed by atoms with Crippen LogP contribution in [0.5, 0.6) is 0 Å². The number of carbonyl (C=O) groups excluding carboxylic acids is 1. The number of rotatable bonds is 7. The number of morpholine rings is 1. The molecular formula is C24H32N2O2. The minimum atomic E-state index is 0.0468. The normalized spacial score (nSPS) is 17.5. The van der Waals surface area contributed by atoms with Gasteiger partial charge in [-0.1, -0.05) is 48.0 Å². The SMILES string of the molecule is Cc1cc(C)c(C(=O)NCCCCN2CCO[C@H](c3ccccc3)C2)c(C)c1. The molecule has 0 radical (unpaired) electrons. The summed E-state index contributed by atoms with van der Waals surface area (Å²) >= 11 is 0. The van der Waals surface area contributed by atoms with Crippen LogP contribution >= 0.6 is 0 Å². The number of aryl methyl sites for hydroxylation is 3. The maximum atomic E-state index is 12.5. The van der Waals surface area contributed by atoms with E-state index < -0.39 is 0 Å². The van der Waals surface area contributed by atoms with Crippen LogP contribution in [0.2, 0.25) is 0 Å². The molecule has 0 saturated carbocycles. The molecular weight excluding hydrogens is 348 g/mol. The third-order valence-electron chi connectivity index (χ3n) is 5.41. The number of unbranched alkanes of at least 4 members (excludes halogenated alkanes) is 1. The van der Waals surface area contributed by atoms with Gasteiger partial charge in [0.1, 0.15) is 0 Å². The molecule has 1 amide bonds. The molecule has 150 valence electrons. The average Bonchev–Trinajstić information content (AvgIpc) is 2.68. The van der Waals surface area contributed by atoms with Gasteiger partial charge in [0, 0.05) is 25.2 Å². The van der Waals surface area contributed by atoms with Gasteiger partial charge < -0.3 is 10.1 Å². The molecule has 1 heterocycles. The molecule has 1 saturated heterocycles. The average molecular weight is 381 g/mol. The van der Waals surface area contributed by atoms with Gasteiger partial charge in [0.05, 0.1) is 12.7 Å². The second-order valence-electron chi connectivity index (χ2n) is 7.81. The molecule has 0 aliphatic carbocycles. The Hall–Kier alpha value is -2.17. The van der Waals surface area contributed by atoms with E-state index in [4.69, 9.17) is 4.74 Å². The van der Waals surface area contributed by atoms with E-state index in [2.05, 4.69) is 53.5 Å². The van der Waals surface area contributed by atoms with Gasteiger partial charge >= 0.3 is 0 Å². The molecule has 3 rings (SSSR count). The van der Waals surface area contributed by atoms with Crippen molar-refractivity contribution in [2.24, 2.45) is 0 Å². The Balaban J connectivity index is 1.40. The topological polar surface area (TPSA) is 41.6 Å². The summed E-state index contributed by atoms with van der Waals surface area (Å²) in [5.41, 5.74) is 5.38. The molecule has 28 heavy (non-hydrogen) atoms. The van der Waals surface area contributed by atoms with Crippen LogP contribution in [0.15, 0.2) is 42.5 Å². The van der Waals surface area contributed by atoms with Crippen molar-refractivity contribution < 1.29 is 9.53 Å². The molecule has 1 fully saturated rings. The summed E-state index contributed by atoms with van der Waals surface area (Å²) in [5, 5.41) is 3.09. The fourth-order valence-corrected chi connectivity index (χ4v) is 4.06. The highest BCUT2D eigenvalue weighted by Gasteiger charge is 2.21. The number of amides is 1. The van der Waals surface area contributed by atoms with E-state index in [1.54, 1.807) is 0 Å². The Morgan fingerprint density at radius 3 is 2.54 bits per heavy atom. The Morgan fingerprint density at radius 1 is 1.11 bits per heavy atom. The molecule has 0 unspecified atom stereocenters. The Labute approximate surface area is 168 Å². The first kappa shape index (κ1) is 20.6. The summed E-state index contributed by atoms with van der Waals surface area (Å²) in [6.45, 7) is 10.6. The highest BCUT2D eigenvalue weighted by atomic mass is 16.5. The van der Waals surface area contributed by atoms with Crippen molar-refractivity contribution in [3.8, 4) is 0 Å². The van der Waals surface area contributed by atoms with Crippen molar-refractivity contribution in [3.05, 3.63) is 70.3 Å².